The lowest BCUT2D eigenvalue weighted by molar-refractivity contribution is 0.0921. The summed E-state index contributed by atoms with van der Waals surface area (Å²) in [7, 11) is 1.89. The Hall–Kier alpha value is -2.67. The molecule has 1 aliphatic heterocycles. The van der Waals surface area contributed by atoms with Gasteiger partial charge in [0.25, 0.3) is 5.91 Å². The van der Waals surface area contributed by atoms with E-state index >= 15 is 0 Å². The average Bonchev–Trinajstić information content (AvgIpc) is 3.15. The maximum absolute atomic E-state index is 12.9. The number of carbonyl (C=O) groups is 1. The first-order valence-electron chi connectivity index (χ1n) is 12.4. The van der Waals surface area contributed by atoms with Crippen LogP contribution in [-0.4, -0.2) is 51.4 Å². The van der Waals surface area contributed by atoms with Gasteiger partial charge in [0.1, 0.15) is 5.76 Å². The second kappa shape index (κ2) is 7.97. The van der Waals surface area contributed by atoms with Gasteiger partial charge in [-0.25, -0.2) is 0 Å². The SMILES string of the molecule is Cc1cc(C23CC2CN(CC[C@H]2CC[C@H](NC(=O)c4cccc5nn(C)cc45)CC2)C3)no1. The third-order valence-corrected chi connectivity index (χ3v) is 8.30. The van der Waals surface area contributed by atoms with Crippen molar-refractivity contribution in [2.75, 3.05) is 19.6 Å². The number of nitrogens with zero attached hydrogens (tertiary/aromatic N) is 4. The minimum Gasteiger partial charge on any atom is -0.361 e. The van der Waals surface area contributed by atoms with Crippen LogP contribution in [0.5, 0.6) is 0 Å². The van der Waals surface area contributed by atoms with Crippen molar-refractivity contribution >= 4 is 16.8 Å². The van der Waals surface area contributed by atoms with E-state index in [0.29, 0.717) is 0 Å². The van der Waals surface area contributed by atoms with Crippen molar-refractivity contribution in [3.05, 3.63) is 47.5 Å². The van der Waals surface area contributed by atoms with Crippen molar-refractivity contribution in [3.8, 4) is 0 Å². The highest BCUT2D eigenvalue weighted by Gasteiger charge is 2.62. The summed E-state index contributed by atoms with van der Waals surface area (Å²) in [4.78, 5) is 15.6. The van der Waals surface area contributed by atoms with Crippen molar-refractivity contribution in [2.24, 2.45) is 18.9 Å². The summed E-state index contributed by atoms with van der Waals surface area (Å²) in [6.45, 7) is 5.50. The molecule has 3 fully saturated rings. The number of rotatable bonds is 6. The molecule has 174 valence electrons. The van der Waals surface area contributed by atoms with Gasteiger partial charge in [0.2, 0.25) is 0 Å². The van der Waals surface area contributed by atoms with E-state index in [9.17, 15) is 4.79 Å². The van der Waals surface area contributed by atoms with Crippen molar-refractivity contribution < 1.29 is 9.32 Å². The standard InChI is InChI=1S/C26H33N5O2/c1-17-12-24(29-33-17)26-13-19(26)14-31(16-26)11-10-18-6-8-20(9-7-18)27-25(32)21-4-3-5-23-22(21)15-30(2)28-23/h3-5,12,15,18-20H,6-11,13-14,16H2,1-2H3,(H,27,32)/t18-,19?,20-,26?. The van der Waals surface area contributed by atoms with Crippen molar-refractivity contribution in [1.82, 2.24) is 25.2 Å². The molecule has 1 amide bonds. The highest BCUT2D eigenvalue weighted by atomic mass is 16.5. The van der Waals surface area contributed by atoms with Gasteiger partial charge in [-0.05, 0) is 76.0 Å². The third kappa shape index (κ3) is 3.86. The van der Waals surface area contributed by atoms with E-state index in [0.717, 1.165) is 53.4 Å². The van der Waals surface area contributed by atoms with Crippen LogP contribution in [-0.2, 0) is 12.5 Å². The Labute approximate surface area is 194 Å². The van der Waals surface area contributed by atoms with Crippen LogP contribution in [0.15, 0.2) is 35.0 Å². The second-order valence-electron chi connectivity index (χ2n) is 10.6. The van der Waals surface area contributed by atoms with Gasteiger partial charge >= 0.3 is 0 Å². The van der Waals surface area contributed by atoms with Crippen LogP contribution in [0, 0.1) is 18.8 Å². The van der Waals surface area contributed by atoms with Gasteiger partial charge in [0.15, 0.2) is 0 Å². The predicted octanol–water partition coefficient (Wildman–Crippen LogP) is 3.82. The molecule has 0 radical (unpaired) electrons. The molecule has 2 aliphatic carbocycles. The molecule has 7 nitrogen and oxygen atoms in total. The summed E-state index contributed by atoms with van der Waals surface area (Å²) in [5.41, 5.74) is 3.04. The van der Waals surface area contributed by atoms with E-state index in [2.05, 4.69) is 26.5 Å². The maximum Gasteiger partial charge on any atom is 0.252 e. The van der Waals surface area contributed by atoms with Crippen LogP contribution in [0.3, 0.4) is 0 Å². The Morgan fingerprint density at radius 2 is 2.12 bits per heavy atom. The number of hydrogen-bond acceptors (Lipinski definition) is 5. The van der Waals surface area contributed by atoms with Gasteiger partial charge in [0.05, 0.1) is 16.8 Å². The van der Waals surface area contributed by atoms with Gasteiger partial charge in [-0.3, -0.25) is 9.48 Å². The lowest BCUT2D eigenvalue weighted by atomic mass is 9.84. The molecule has 0 bridgehead atoms. The molecule has 2 aromatic heterocycles. The maximum atomic E-state index is 12.9. The fourth-order valence-corrected chi connectivity index (χ4v) is 6.34. The minimum absolute atomic E-state index is 0.0294. The Morgan fingerprint density at radius 1 is 1.27 bits per heavy atom. The second-order valence-corrected chi connectivity index (χ2v) is 10.6. The first-order valence-corrected chi connectivity index (χ1v) is 12.4. The van der Waals surface area contributed by atoms with Crippen molar-refractivity contribution in [3.63, 3.8) is 0 Å². The zero-order valence-corrected chi connectivity index (χ0v) is 19.6. The zero-order chi connectivity index (χ0) is 22.6. The fourth-order valence-electron chi connectivity index (χ4n) is 6.34. The van der Waals surface area contributed by atoms with E-state index in [-0.39, 0.29) is 17.4 Å². The first-order chi connectivity index (χ1) is 16.0. The van der Waals surface area contributed by atoms with Crippen LogP contribution < -0.4 is 5.32 Å². The molecule has 7 heteroatoms. The summed E-state index contributed by atoms with van der Waals surface area (Å²) < 4.78 is 7.11. The topological polar surface area (TPSA) is 76.2 Å². The number of benzene rings is 1. The number of amides is 1. The fraction of sp³-hybridized carbons (Fsp3) is 0.577. The van der Waals surface area contributed by atoms with Gasteiger partial charge in [0, 0.05) is 49.2 Å². The predicted molar refractivity (Wildman–Crippen MR) is 126 cm³/mol. The smallest absolute Gasteiger partial charge is 0.252 e. The minimum atomic E-state index is 0.0294. The highest BCUT2D eigenvalue weighted by molar-refractivity contribution is 6.06. The number of likely N-dealkylation sites (tertiary alicyclic amines) is 1. The van der Waals surface area contributed by atoms with Crippen LogP contribution in [0.25, 0.3) is 10.9 Å². The van der Waals surface area contributed by atoms with E-state index in [1.54, 1.807) is 4.68 Å². The largest absolute Gasteiger partial charge is 0.361 e. The molecule has 3 aromatic rings. The Morgan fingerprint density at radius 3 is 2.91 bits per heavy atom. The quantitative estimate of drug-likeness (QED) is 0.622. The molecule has 33 heavy (non-hydrogen) atoms. The number of nitrogens with one attached hydrogen (secondary N) is 1. The Balaban J connectivity index is 0.976. The molecule has 1 N–H and O–H groups in total. The average molecular weight is 448 g/mol. The number of fused-ring (bicyclic) bond motifs is 2. The van der Waals surface area contributed by atoms with Gasteiger partial charge in [-0.1, -0.05) is 11.2 Å². The normalized spacial score (nSPS) is 29.3. The van der Waals surface area contributed by atoms with Crippen molar-refractivity contribution in [1.29, 1.82) is 0 Å². The Bertz CT molecular complexity index is 1170. The molecule has 1 saturated heterocycles. The highest BCUT2D eigenvalue weighted by Crippen LogP contribution is 2.58. The molecular formula is C26H33N5O2. The summed E-state index contributed by atoms with van der Waals surface area (Å²) in [6, 6.07) is 8.18. The number of hydrogen-bond donors (Lipinski definition) is 1. The first kappa shape index (κ1) is 20.9. The van der Waals surface area contributed by atoms with Crippen molar-refractivity contribution in [2.45, 2.75) is 56.9 Å². The lowest BCUT2D eigenvalue weighted by Gasteiger charge is -2.30. The van der Waals surface area contributed by atoms with Gasteiger partial charge in [-0.2, -0.15) is 5.10 Å². The van der Waals surface area contributed by atoms with Crippen LogP contribution >= 0.6 is 0 Å². The molecule has 3 aliphatic rings. The molecule has 3 heterocycles. The molecule has 6 rings (SSSR count). The molecule has 0 spiro atoms. The molecule has 2 atom stereocenters. The van der Waals surface area contributed by atoms with E-state index in [1.807, 2.05) is 38.4 Å². The number of piperidine rings is 1. The molecule has 1 aromatic carbocycles. The third-order valence-electron chi connectivity index (χ3n) is 8.30. The Kier molecular flexibility index (Phi) is 5.05. The lowest BCUT2D eigenvalue weighted by Crippen LogP contribution is -2.38. The van der Waals surface area contributed by atoms with Gasteiger partial charge < -0.3 is 14.7 Å². The van der Waals surface area contributed by atoms with Crippen LogP contribution in [0.1, 0.15) is 60.3 Å². The molecule has 2 unspecified atom stereocenters. The summed E-state index contributed by atoms with van der Waals surface area (Å²) in [6.07, 6.45) is 9.01. The zero-order valence-electron chi connectivity index (χ0n) is 19.6. The molecular weight excluding hydrogens is 414 g/mol. The summed E-state index contributed by atoms with van der Waals surface area (Å²) >= 11 is 0. The molecule has 2 saturated carbocycles. The number of aromatic nitrogens is 3. The number of aryl methyl sites for hydroxylation is 2. The monoisotopic (exact) mass is 447 g/mol. The van der Waals surface area contributed by atoms with E-state index in [4.69, 9.17) is 4.52 Å². The van der Waals surface area contributed by atoms with Crippen LogP contribution in [0.2, 0.25) is 0 Å². The number of carbonyl (C=O) groups excluding carboxylic acids is 1. The van der Waals surface area contributed by atoms with E-state index < -0.39 is 0 Å². The van der Waals surface area contributed by atoms with E-state index in [1.165, 1.54) is 44.5 Å². The summed E-state index contributed by atoms with van der Waals surface area (Å²) in [5.74, 6) is 2.48. The van der Waals surface area contributed by atoms with Gasteiger partial charge in [-0.15, -0.1) is 0 Å². The van der Waals surface area contributed by atoms with Crippen LogP contribution in [0.4, 0.5) is 0 Å². The summed E-state index contributed by atoms with van der Waals surface area (Å²) in [5, 5.41) is 13.0.